The van der Waals surface area contributed by atoms with Gasteiger partial charge in [0.15, 0.2) is 6.61 Å². The minimum atomic E-state index is -4.61. The van der Waals surface area contributed by atoms with E-state index < -0.39 is 21.8 Å². The molecule has 11 heteroatoms. The van der Waals surface area contributed by atoms with Crippen LogP contribution in [0.15, 0.2) is 47.4 Å². The number of ether oxygens (including phenoxy) is 1. The number of nitrogens with one attached hydrogen (secondary N) is 2. The van der Waals surface area contributed by atoms with Gasteiger partial charge in [0.2, 0.25) is 0 Å². The van der Waals surface area contributed by atoms with Gasteiger partial charge in [-0.1, -0.05) is 24.6 Å². The van der Waals surface area contributed by atoms with Gasteiger partial charge in [-0.05, 0) is 49.7 Å². The Balaban J connectivity index is 2.12. The molecule has 2 aromatic rings. The topological polar surface area (TPSA) is 84.5 Å². The van der Waals surface area contributed by atoms with E-state index in [1.807, 2.05) is 13.8 Å². The third-order valence-corrected chi connectivity index (χ3v) is 5.71. The Bertz CT molecular complexity index is 1010. The maximum Gasteiger partial charge on any atom is 0.416 e. The molecule has 164 valence electrons. The van der Waals surface area contributed by atoms with E-state index in [0.717, 1.165) is 24.6 Å². The summed E-state index contributed by atoms with van der Waals surface area (Å²) in [6.45, 7) is 3.44. The first kappa shape index (κ1) is 23.8. The van der Waals surface area contributed by atoms with E-state index in [0.29, 0.717) is 6.07 Å². The lowest BCUT2D eigenvalue weighted by Gasteiger charge is -2.14. The molecule has 30 heavy (non-hydrogen) atoms. The van der Waals surface area contributed by atoms with Crippen LogP contribution in [0, 0.1) is 0 Å². The zero-order valence-corrected chi connectivity index (χ0v) is 17.7. The number of hydrogen-bond donors (Lipinski definition) is 2. The van der Waals surface area contributed by atoms with E-state index in [1.54, 1.807) is 0 Å². The zero-order valence-electron chi connectivity index (χ0n) is 16.1. The number of carbonyl (C=O) groups is 1. The van der Waals surface area contributed by atoms with Crippen molar-refractivity contribution in [2.45, 2.75) is 37.4 Å². The molecule has 0 unspecified atom stereocenters. The maximum absolute atomic E-state index is 12.8. The van der Waals surface area contributed by atoms with Crippen LogP contribution in [0.25, 0.3) is 0 Å². The smallest absolute Gasteiger partial charge is 0.416 e. The van der Waals surface area contributed by atoms with Gasteiger partial charge in [-0.25, -0.2) is 8.42 Å². The lowest BCUT2D eigenvalue weighted by molar-refractivity contribution is -0.137. The number of benzene rings is 2. The van der Waals surface area contributed by atoms with Crippen LogP contribution < -0.4 is 14.8 Å². The summed E-state index contributed by atoms with van der Waals surface area (Å²) in [6, 6.07) is 7.30. The van der Waals surface area contributed by atoms with E-state index >= 15 is 0 Å². The minimum Gasteiger partial charge on any atom is -0.482 e. The van der Waals surface area contributed by atoms with E-state index in [1.165, 1.54) is 18.2 Å². The highest BCUT2D eigenvalue weighted by Gasteiger charge is 2.30. The second-order valence-corrected chi connectivity index (χ2v) is 8.53. The average molecular weight is 465 g/mol. The molecule has 1 amide bonds. The molecule has 0 saturated heterocycles. The Morgan fingerprint density at radius 2 is 1.90 bits per heavy atom. The molecule has 6 nitrogen and oxygen atoms in total. The lowest BCUT2D eigenvalue weighted by Crippen LogP contribution is -2.35. The van der Waals surface area contributed by atoms with Gasteiger partial charge < -0.3 is 10.1 Å². The standard InChI is InChI=1S/C19H20ClF3N2O4S/c1-3-12(2)24-18(26)11-29-17-8-7-15(10-16(17)20)30(27,28)25-14-6-4-5-13(9-14)19(21,22)23/h4-10,12,25H,3,11H2,1-2H3,(H,24,26)/t12-/m0/s1. The molecule has 2 N–H and O–H groups in total. The Morgan fingerprint density at radius 3 is 2.50 bits per heavy atom. The SMILES string of the molecule is CC[C@H](C)NC(=O)COc1ccc(S(=O)(=O)Nc2cccc(C(F)(F)F)c2)cc1Cl. The van der Waals surface area contributed by atoms with Crippen LogP contribution in [0.5, 0.6) is 5.75 Å². The van der Waals surface area contributed by atoms with Crippen molar-refractivity contribution in [3.05, 3.63) is 53.1 Å². The maximum atomic E-state index is 12.8. The average Bonchev–Trinajstić information content (AvgIpc) is 2.66. The first-order chi connectivity index (χ1) is 13.9. The predicted octanol–water partition coefficient (Wildman–Crippen LogP) is 4.45. The number of sulfonamides is 1. The van der Waals surface area contributed by atoms with E-state index in [2.05, 4.69) is 10.0 Å². The Kier molecular flexibility index (Phi) is 7.59. The highest BCUT2D eigenvalue weighted by Crippen LogP contribution is 2.32. The molecule has 0 aliphatic carbocycles. The molecule has 0 fully saturated rings. The summed E-state index contributed by atoms with van der Waals surface area (Å²) in [5.74, 6) is -0.266. The van der Waals surface area contributed by atoms with Crippen molar-refractivity contribution in [1.29, 1.82) is 0 Å². The summed E-state index contributed by atoms with van der Waals surface area (Å²) < 4.78 is 70.8. The molecule has 0 heterocycles. The summed E-state index contributed by atoms with van der Waals surface area (Å²) in [6.07, 6.45) is -3.86. The number of anilines is 1. The van der Waals surface area contributed by atoms with Crippen molar-refractivity contribution < 1.29 is 31.1 Å². The molecule has 0 aliphatic heterocycles. The van der Waals surface area contributed by atoms with Crippen LogP contribution >= 0.6 is 11.6 Å². The summed E-state index contributed by atoms with van der Waals surface area (Å²) in [5.41, 5.74) is -1.23. The fourth-order valence-electron chi connectivity index (χ4n) is 2.30. The Morgan fingerprint density at radius 1 is 1.20 bits per heavy atom. The van der Waals surface area contributed by atoms with Crippen LogP contribution in [-0.4, -0.2) is 27.0 Å². The van der Waals surface area contributed by atoms with Gasteiger partial charge in [-0.3, -0.25) is 9.52 Å². The fourth-order valence-corrected chi connectivity index (χ4v) is 3.68. The van der Waals surface area contributed by atoms with Gasteiger partial charge in [0.1, 0.15) is 5.75 Å². The molecule has 0 saturated carbocycles. The normalized spacial score (nSPS) is 12.9. The van der Waals surface area contributed by atoms with E-state index in [9.17, 15) is 26.4 Å². The molecule has 0 radical (unpaired) electrons. The molecule has 2 rings (SSSR count). The number of hydrogen-bond acceptors (Lipinski definition) is 4. The van der Waals surface area contributed by atoms with Crippen LogP contribution in [0.1, 0.15) is 25.8 Å². The van der Waals surface area contributed by atoms with Crippen LogP contribution in [-0.2, 0) is 21.0 Å². The second-order valence-electron chi connectivity index (χ2n) is 6.44. The second kappa shape index (κ2) is 9.57. The van der Waals surface area contributed by atoms with Crippen molar-refractivity contribution in [3.8, 4) is 5.75 Å². The number of halogens is 4. The lowest BCUT2D eigenvalue weighted by atomic mass is 10.2. The van der Waals surface area contributed by atoms with Crippen molar-refractivity contribution in [3.63, 3.8) is 0 Å². The van der Waals surface area contributed by atoms with Gasteiger partial charge in [-0.15, -0.1) is 0 Å². The summed E-state index contributed by atoms with van der Waals surface area (Å²) in [4.78, 5) is 11.5. The van der Waals surface area contributed by atoms with Crippen molar-refractivity contribution in [2.24, 2.45) is 0 Å². The molecule has 0 aromatic heterocycles. The van der Waals surface area contributed by atoms with Gasteiger partial charge in [0.25, 0.3) is 15.9 Å². The third-order valence-electron chi connectivity index (χ3n) is 4.03. The van der Waals surface area contributed by atoms with Crippen molar-refractivity contribution in [2.75, 3.05) is 11.3 Å². The minimum absolute atomic E-state index is 0.0222. The first-order valence-electron chi connectivity index (χ1n) is 8.84. The number of amides is 1. The largest absolute Gasteiger partial charge is 0.482 e. The molecular formula is C19H20ClF3N2O4S. The van der Waals surface area contributed by atoms with Gasteiger partial charge >= 0.3 is 6.18 Å². The van der Waals surface area contributed by atoms with Crippen molar-refractivity contribution in [1.82, 2.24) is 5.32 Å². The quantitative estimate of drug-likeness (QED) is 0.604. The molecule has 0 aliphatic rings. The molecule has 0 spiro atoms. The molecular weight excluding hydrogens is 445 g/mol. The molecule has 0 bridgehead atoms. The zero-order chi connectivity index (χ0) is 22.5. The Hall–Kier alpha value is -2.46. The van der Waals surface area contributed by atoms with Gasteiger partial charge in [0, 0.05) is 11.7 Å². The van der Waals surface area contributed by atoms with Gasteiger partial charge in [0.05, 0.1) is 15.5 Å². The Labute approximate surface area is 177 Å². The number of alkyl halides is 3. The van der Waals surface area contributed by atoms with Crippen LogP contribution in [0.2, 0.25) is 5.02 Å². The van der Waals surface area contributed by atoms with Crippen LogP contribution in [0.4, 0.5) is 18.9 Å². The van der Waals surface area contributed by atoms with Gasteiger partial charge in [-0.2, -0.15) is 13.2 Å². The van der Waals surface area contributed by atoms with E-state index in [-0.39, 0.29) is 39.9 Å². The molecule has 2 aromatic carbocycles. The number of carbonyl (C=O) groups excluding carboxylic acids is 1. The highest BCUT2D eigenvalue weighted by atomic mass is 35.5. The summed E-state index contributed by atoms with van der Waals surface area (Å²) in [5, 5.41) is 2.63. The summed E-state index contributed by atoms with van der Waals surface area (Å²) >= 11 is 6.04. The highest BCUT2D eigenvalue weighted by molar-refractivity contribution is 7.92. The monoisotopic (exact) mass is 464 g/mol. The molecule has 1 atom stereocenters. The first-order valence-corrected chi connectivity index (χ1v) is 10.7. The van der Waals surface area contributed by atoms with E-state index in [4.69, 9.17) is 16.3 Å². The summed E-state index contributed by atoms with van der Waals surface area (Å²) in [7, 11) is -4.20. The van der Waals surface area contributed by atoms with Crippen molar-refractivity contribution >= 4 is 33.2 Å². The third kappa shape index (κ3) is 6.53. The van der Waals surface area contributed by atoms with Crippen LogP contribution in [0.3, 0.4) is 0 Å². The fraction of sp³-hybridized carbons (Fsp3) is 0.316. The number of rotatable bonds is 8. The predicted molar refractivity (Wildman–Crippen MR) is 107 cm³/mol.